The molecule has 2 aliphatic carbocycles. The summed E-state index contributed by atoms with van der Waals surface area (Å²) in [6, 6.07) is 45.5. The van der Waals surface area contributed by atoms with Crippen LogP contribution in [0.15, 0.2) is 121 Å². The van der Waals surface area contributed by atoms with Gasteiger partial charge in [-0.25, -0.2) is 0 Å². The van der Waals surface area contributed by atoms with E-state index >= 15 is 0 Å². The van der Waals surface area contributed by atoms with Crippen molar-refractivity contribution in [2.45, 2.75) is 95.8 Å². The zero-order valence-electron chi connectivity index (χ0n) is 27.8. The van der Waals surface area contributed by atoms with Crippen LogP contribution >= 0.6 is 0 Å². The second kappa shape index (κ2) is 13.7. The van der Waals surface area contributed by atoms with E-state index in [9.17, 15) is 0 Å². The molecule has 0 bridgehead atoms. The third-order valence-corrected chi connectivity index (χ3v) is 10.8. The monoisotopic (exact) mass is 603 g/mol. The molecular formula is C45H49N. The molecular weight excluding hydrogens is 555 g/mol. The summed E-state index contributed by atoms with van der Waals surface area (Å²) >= 11 is 0. The normalized spacial score (nSPS) is 16.9. The number of anilines is 3. The maximum atomic E-state index is 2.49. The highest BCUT2D eigenvalue weighted by atomic mass is 15.1. The summed E-state index contributed by atoms with van der Waals surface area (Å²) in [7, 11) is 0. The van der Waals surface area contributed by atoms with Crippen LogP contribution in [0.3, 0.4) is 0 Å². The lowest BCUT2D eigenvalue weighted by atomic mass is 9.82. The summed E-state index contributed by atoms with van der Waals surface area (Å²) in [6.45, 7) is 4.75. The van der Waals surface area contributed by atoms with Crippen molar-refractivity contribution in [1.29, 1.82) is 0 Å². The van der Waals surface area contributed by atoms with Crippen molar-refractivity contribution < 1.29 is 0 Å². The van der Waals surface area contributed by atoms with Gasteiger partial charge in [0, 0.05) is 22.4 Å². The summed E-state index contributed by atoms with van der Waals surface area (Å²) in [5.74, 6) is 0.665. The van der Waals surface area contributed by atoms with E-state index < -0.39 is 0 Å². The average Bonchev–Trinajstić information content (AvgIpc) is 3.32. The van der Waals surface area contributed by atoms with Crippen LogP contribution in [0.4, 0.5) is 17.1 Å². The van der Waals surface area contributed by atoms with E-state index in [4.69, 9.17) is 0 Å². The first-order valence-corrected chi connectivity index (χ1v) is 17.9. The fourth-order valence-corrected chi connectivity index (χ4v) is 8.18. The largest absolute Gasteiger partial charge is 0.310 e. The van der Waals surface area contributed by atoms with Crippen molar-refractivity contribution in [3.05, 3.63) is 138 Å². The summed E-state index contributed by atoms with van der Waals surface area (Å²) in [5, 5.41) is 0. The molecule has 1 heteroatoms. The van der Waals surface area contributed by atoms with Gasteiger partial charge in [0.1, 0.15) is 0 Å². The predicted octanol–water partition coefficient (Wildman–Crippen LogP) is 13.5. The lowest BCUT2D eigenvalue weighted by molar-refractivity contribution is 0.467. The Morgan fingerprint density at radius 3 is 1.72 bits per heavy atom. The predicted molar refractivity (Wildman–Crippen MR) is 198 cm³/mol. The number of hydrogen-bond acceptors (Lipinski definition) is 1. The minimum absolute atomic E-state index is 0.0515. The van der Waals surface area contributed by atoms with Gasteiger partial charge >= 0.3 is 0 Å². The molecule has 0 spiro atoms. The van der Waals surface area contributed by atoms with Crippen LogP contribution in [0, 0.1) is 0 Å². The van der Waals surface area contributed by atoms with Gasteiger partial charge in [-0.3, -0.25) is 0 Å². The summed E-state index contributed by atoms with van der Waals surface area (Å²) in [6.07, 6.45) is 15.2. The quantitative estimate of drug-likeness (QED) is 0.193. The molecule has 5 aromatic carbocycles. The van der Waals surface area contributed by atoms with Crippen molar-refractivity contribution in [3.8, 4) is 22.3 Å². The number of hydrogen-bond donors (Lipinski definition) is 0. The van der Waals surface area contributed by atoms with Crippen LogP contribution in [-0.2, 0) is 5.41 Å². The smallest absolute Gasteiger partial charge is 0.0540 e. The van der Waals surface area contributed by atoms with E-state index in [1.807, 2.05) is 0 Å². The first-order valence-electron chi connectivity index (χ1n) is 17.9. The molecule has 0 unspecified atom stereocenters. The molecule has 0 heterocycles. The standard InChI is InChI=1S/C45H49N/c1-45(2)42-25-17-15-24-40(42)41-32-31-38(33-43(41)45)46(44-26-18-16-23-39(44)36-21-13-10-14-22-36)37-29-27-35(28-30-37)34-19-11-8-6-4-3-5-7-9-12-20-34/h10,13-18,21-34H,3-9,11-12,19-20H2,1-2H3. The molecule has 2 aliphatic rings. The summed E-state index contributed by atoms with van der Waals surface area (Å²) < 4.78 is 0. The molecule has 0 atom stereocenters. The lowest BCUT2D eigenvalue weighted by Gasteiger charge is -2.30. The van der Waals surface area contributed by atoms with Crippen molar-refractivity contribution in [2.75, 3.05) is 4.90 Å². The van der Waals surface area contributed by atoms with Crippen molar-refractivity contribution >= 4 is 17.1 Å². The second-order valence-corrected chi connectivity index (χ2v) is 14.2. The molecule has 0 N–H and O–H groups in total. The Labute approximate surface area is 277 Å². The zero-order chi connectivity index (χ0) is 31.3. The number of para-hydroxylation sites is 1. The van der Waals surface area contributed by atoms with E-state index in [0.717, 1.165) is 0 Å². The van der Waals surface area contributed by atoms with Gasteiger partial charge in [-0.15, -0.1) is 0 Å². The highest BCUT2D eigenvalue weighted by molar-refractivity contribution is 5.90. The van der Waals surface area contributed by atoms with Gasteiger partial charge < -0.3 is 4.90 Å². The third-order valence-electron chi connectivity index (χ3n) is 10.8. The lowest BCUT2D eigenvalue weighted by Crippen LogP contribution is -2.17. The molecule has 1 fully saturated rings. The molecule has 7 rings (SSSR count). The number of benzene rings is 5. The average molecular weight is 604 g/mol. The van der Waals surface area contributed by atoms with Crippen molar-refractivity contribution in [3.63, 3.8) is 0 Å². The van der Waals surface area contributed by atoms with Crippen LogP contribution in [0.2, 0.25) is 0 Å². The number of fused-ring (bicyclic) bond motifs is 3. The van der Waals surface area contributed by atoms with Gasteiger partial charge in [0.2, 0.25) is 0 Å². The molecule has 1 nitrogen and oxygen atoms in total. The third kappa shape index (κ3) is 6.17. The van der Waals surface area contributed by atoms with Gasteiger partial charge in [-0.2, -0.15) is 0 Å². The van der Waals surface area contributed by atoms with Gasteiger partial charge in [0.15, 0.2) is 0 Å². The van der Waals surface area contributed by atoms with Crippen molar-refractivity contribution in [2.24, 2.45) is 0 Å². The van der Waals surface area contributed by atoms with E-state index in [1.165, 1.54) is 127 Å². The molecule has 0 saturated heterocycles. The fraction of sp³-hybridized carbons (Fsp3) is 0.333. The van der Waals surface area contributed by atoms with Crippen LogP contribution in [0.5, 0.6) is 0 Å². The van der Waals surface area contributed by atoms with Crippen molar-refractivity contribution in [1.82, 2.24) is 0 Å². The molecule has 0 amide bonds. The van der Waals surface area contributed by atoms with Gasteiger partial charge in [0.05, 0.1) is 5.69 Å². The van der Waals surface area contributed by atoms with E-state index in [0.29, 0.717) is 5.92 Å². The Hall–Kier alpha value is -4.10. The van der Waals surface area contributed by atoms with E-state index in [2.05, 4.69) is 140 Å². The Morgan fingerprint density at radius 2 is 1.02 bits per heavy atom. The van der Waals surface area contributed by atoms with Gasteiger partial charge in [-0.05, 0) is 82.5 Å². The molecule has 0 radical (unpaired) electrons. The van der Waals surface area contributed by atoms with Gasteiger partial charge in [0.25, 0.3) is 0 Å². The Balaban J connectivity index is 1.29. The Bertz CT molecular complexity index is 1730. The van der Waals surface area contributed by atoms with E-state index in [-0.39, 0.29) is 5.41 Å². The minimum atomic E-state index is -0.0515. The molecule has 0 aromatic heterocycles. The highest BCUT2D eigenvalue weighted by Gasteiger charge is 2.35. The Morgan fingerprint density at radius 1 is 0.478 bits per heavy atom. The fourth-order valence-electron chi connectivity index (χ4n) is 8.18. The highest BCUT2D eigenvalue weighted by Crippen LogP contribution is 2.51. The molecule has 1 saturated carbocycles. The van der Waals surface area contributed by atoms with Crippen LogP contribution in [0.25, 0.3) is 22.3 Å². The first-order chi connectivity index (χ1) is 22.6. The molecule has 46 heavy (non-hydrogen) atoms. The maximum Gasteiger partial charge on any atom is 0.0540 e. The number of rotatable bonds is 5. The summed E-state index contributed by atoms with van der Waals surface area (Å²) in [4.78, 5) is 2.49. The van der Waals surface area contributed by atoms with Crippen LogP contribution in [0.1, 0.15) is 107 Å². The zero-order valence-corrected chi connectivity index (χ0v) is 27.8. The number of nitrogens with zero attached hydrogens (tertiary/aromatic N) is 1. The topological polar surface area (TPSA) is 3.24 Å². The molecule has 234 valence electrons. The van der Waals surface area contributed by atoms with E-state index in [1.54, 1.807) is 0 Å². The summed E-state index contributed by atoms with van der Waals surface area (Å²) in [5.41, 5.74) is 13.1. The first kappa shape index (κ1) is 30.5. The Kier molecular flexibility index (Phi) is 9.11. The minimum Gasteiger partial charge on any atom is -0.310 e. The second-order valence-electron chi connectivity index (χ2n) is 14.2. The molecule has 5 aromatic rings. The van der Waals surface area contributed by atoms with Crippen LogP contribution in [-0.4, -0.2) is 0 Å². The van der Waals surface area contributed by atoms with Gasteiger partial charge in [-0.1, -0.05) is 163 Å². The molecule has 0 aliphatic heterocycles. The van der Waals surface area contributed by atoms with Crippen LogP contribution < -0.4 is 4.90 Å². The SMILES string of the molecule is CC1(C)c2ccccc2-c2ccc(N(c3ccc(C4CCCCCCCCCCC4)cc3)c3ccccc3-c3ccccc3)cc21. The maximum absolute atomic E-state index is 2.49.